The Morgan fingerprint density at radius 1 is 1.00 bits per heavy atom. The molecular weight excluding hydrogens is 382 g/mol. The Balaban J connectivity index is 1.82. The molecule has 0 radical (unpaired) electrons. The van der Waals surface area contributed by atoms with E-state index in [9.17, 15) is 4.79 Å². The summed E-state index contributed by atoms with van der Waals surface area (Å²) in [6.07, 6.45) is 16.9. The van der Waals surface area contributed by atoms with Crippen molar-refractivity contribution in [3.8, 4) is 0 Å². The van der Waals surface area contributed by atoms with E-state index in [-0.39, 0.29) is 27.0 Å². The third-order valence-electron chi connectivity index (χ3n) is 6.83. The number of rotatable bonds is 0. The van der Waals surface area contributed by atoms with Crippen molar-refractivity contribution in [1.82, 2.24) is 0 Å². The van der Waals surface area contributed by atoms with Gasteiger partial charge in [0, 0.05) is 11.2 Å². The minimum atomic E-state index is -0.935. The molecule has 28 heavy (non-hydrogen) atoms. The van der Waals surface area contributed by atoms with Gasteiger partial charge in [0.25, 0.3) is 0 Å². The van der Waals surface area contributed by atoms with Crippen LogP contribution in [-0.4, -0.2) is 27.7 Å². The fraction of sp³-hybridized carbons (Fsp3) is 0.542. The largest absolute Gasteiger partial charge is 0.471 e. The van der Waals surface area contributed by atoms with Crippen molar-refractivity contribution in [2.45, 2.75) is 69.8 Å². The average molecular weight is 412 g/mol. The first-order valence-electron chi connectivity index (χ1n) is 10.4. The van der Waals surface area contributed by atoms with Crippen LogP contribution in [-0.2, 0) is 9.32 Å². The quantitative estimate of drug-likeness (QED) is 0.329. The molecule has 0 saturated carbocycles. The van der Waals surface area contributed by atoms with Crippen molar-refractivity contribution in [1.29, 1.82) is 0 Å². The van der Waals surface area contributed by atoms with Crippen LogP contribution in [0.1, 0.15) is 48.0 Å². The molecule has 5 heterocycles. The lowest BCUT2D eigenvalue weighted by atomic mass is 9.82. The summed E-state index contributed by atoms with van der Waals surface area (Å²) >= 11 is 0. The molecule has 0 spiro atoms. The van der Waals surface area contributed by atoms with E-state index < -0.39 is 16.1 Å². The molecule has 4 bridgehead atoms. The summed E-state index contributed by atoms with van der Waals surface area (Å²) in [7, 11) is -1.56. The van der Waals surface area contributed by atoms with Crippen LogP contribution in [0.5, 0.6) is 0 Å². The molecule has 0 amide bonds. The fourth-order valence-electron chi connectivity index (χ4n) is 5.76. The Hall–Kier alpha value is -0.970. The van der Waals surface area contributed by atoms with Crippen LogP contribution in [0.4, 0.5) is 0 Å². The van der Waals surface area contributed by atoms with E-state index in [0.717, 1.165) is 12.2 Å². The third-order valence-corrected chi connectivity index (χ3v) is 14.7. The predicted octanol–water partition coefficient (Wildman–Crippen LogP) is 6.65. The summed E-state index contributed by atoms with van der Waals surface area (Å²) in [5.41, 5.74) is 3.33. The van der Waals surface area contributed by atoms with Gasteiger partial charge in [0.2, 0.25) is 0 Å². The van der Waals surface area contributed by atoms with Gasteiger partial charge in [-0.05, 0) is 23.3 Å². The zero-order valence-electron chi connectivity index (χ0n) is 17.7. The molecule has 1 saturated heterocycles. The summed E-state index contributed by atoms with van der Waals surface area (Å²) in [4.78, 5) is 13.6. The molecule has 0 aromatic carbocycles. The first-order chi connectivity index (χ1) is 13.1. The second-order valence-corrected chi connectivity index (χ2v) is 15.6. The second kappa shape index (κ2) is 5.80. The van der Waals surface area contributed by atoms with Crippen molar-refractivity contribution in [2.75, 3.05) is 0 Å². The molecule has 4 heteroatoms. The summed E-state index contributed by atoms with van der Waals surface area (Å²) in [5, 5.41) is 0. The highest BCUT2D eigenvalue weighted by atomic mass is 31.2. The highest BCUT2D eigenvalue weighted by molar-refractivity contribution is 7.80. The minimum Gasteiger partial charge on any atom is -0.471 e. The normalized spacial score (nSPS) is 40.9. The zero-order valence-corrected chi connectivity index (χ0v) is 19.5. The monoisotopic (exact) mass is 412 g/mol. The third kappa shape index (κ3) is 2.20. The first kappa shape index (κ1) is 19.0. The molecule has 0 aromatic heterocycles. The minimum absolute atomic E-state index is 0.0344. The predicted molar refractivity (Wildman–Crippen MR) is 120 cm³/mol. The van der Waals surface area contributed by atoms with Crippen LogP contribution in [0, 0.1) is 10.8 Å². The van der Waals surface area contributed by atoms with E-state index in [1.165, 1.54) is 11.1 Å². The number of hydrogen-bond donors (Lipinski definition) is 0. The van der Waals surface area contributed by atoms with Crippen LogP contribution in [0.25, 0.3) is 0 Å². The average Bonchev–Trinajstić information content (AvgIpc) is 2.96. The Morgan fingerprint density at radius 2 is 1.68 bits per heavy atom. The highest BCUT2D eigenvalue weighted by Crippen LogP contribution is 2.89. The summed E-state index contributed by atoms with van der Waals surface area (Å²) in [5.74, 6) is 1.45. The summed E-state index contributed by atoms with van der Waals surface area (Å²) in [6.45, 7) is 14.1. The number of ketones is 1. The molecule has 148 valence electrons. The molecule has 0 N–H and O–H groups in total. The van der Waals surface area contributed by atoms with Gasteiger partial charge in [0.05, 0.1) is 16.2 Å². The number of Topliss-reactive ketones (excluding diaryl/α,β-unsaturated/α-hetero) is 1. The van der Waals surface area contributed by atoms with Gasteiger partial charge >= 0.3 is 0 Å². The Morgan fingerprint density at radius 3 is 2.36 bits per heavy atom. The van der Waals surface area contributed by atoms with Gasteiger partial charge in [-0.3, -0.25) is 4.79 Å². The van der Waals surface area contributed by atoms with Crippen LogP contribution in [0.3, 0.4) is 0 Å². The number of carbonyl (C=O) groups excluding carboxylic acids is 1. The number of allylic oxidation sites excluding steroid dienone is 9. The van der Waals surface area contributed by atoms with Crippen LogP contribution >= 0.6 is 16.1 Å². The SMILES string of the molecule is CC(C)(C)C1=C[C@H]2C(=O)[C@H]3C=C[C@@H]1P3[C@]1(C(C)(C)C)C3=C(C=CCC=C3)OP21. The van der Waals surface area contributed by atoms with E-state index in [2.05, 4.69) is 84.1 Å². The molecule has 6 aliphatic rings. The molecule has 5 aliphatic heterocycles. The van der Waals surface area contributed by atoms with Gasteiger partial charge in [-0.15, -0.1) is 0 Å². The first-order valence-corrected chi connectivity index (χ1v) is 13.2. The maximum Gasteiger partial charge on any atom is 0.158 e. The molecule has 6 atom stereocenters. The highest BCUT2D eigenvalue weighted by Gasteiger charge is 2.72. The van der Waals surface area contributed by atoms with Crippen molar-refractivity contribution >= 4 is 21.9 Å². The van der Waals surface area contributed by atoms with Gasteiger partial charge in [-0.25, -0.2) is 0 Å². The van der Waals surface area contributed by atoms with Crippen LogP contribution < -0.4 is 0 Å². The van der Waals surface area contributed by atoms with Gasteiger partial charge in [0.1, 0.15) is 13.9 Å². The maximum absolute atomic E-state index is 13.6. The summed E-state index contributed by atoms with van der Waals surface area (Å²) < 4.78 is 6.78. The smallest absolute Gasteiger partial charge is 0.158 e. The Bertz CT molecular complexity index is 906. The number of hydrogen-bond acceptors (Lipinski definition) is 2. The lowest BCUT2D eigenvalue weighted by Crippen LogP contribution is -2.49. The Labute approximate surface area is 171 Å². The number of carbonyl (C=O) groups is 1. The molecule has 1 fully saturated rings. The van der Waals surface area contributed by atoms with Crippen molar-refractivity contribution < 1.29 is 9.32 Å². The van der Waals surface area contributed by atoms with Crippen LogP contribution in [0.15, 0.2) is 59.4 Å². The Kier molecular flexibility index (Phi) is 3.94. The van der Waals surface area contributed by atoms with Crippen molar-refractivity contribution in [3.63, 3.8) is 0 Å². The van der Waals surface area contributed by atoms with Crippen molar-refractivity contribution in [3.05, 3.63) is 59.4 Å². The molecule has 6 rings (SSSR count). The molecule has 2 nitrogen and oxygen atoms in total. The van der Waals surface area contributed by atoms with Gasteiger partial charge in [-0.1, -0.05) is 91.5 Å². The lowest BCUT2D eigenvalue weighted by Gasteiger charge is -2.56. The standard InChI is InChI=1S/C24H30O2P2/c1-22(2,3)16-14-20-21(25)19-13-12-18(16)27(19)24(23(4,5)6)15-10-8-7-9-11-17(15)26-28(20)24/h8-14,18-20H,7H2,1-6H3/t18-,19+,20-,24+,27?,28?/m0/s1. The zero-order chi connectivity index (χ0) is 20.1. The van der Waals surface area contributed by atoms with Gasteiger partial charge in [0.15, 0.2) is 5.78 Å². The van der Waals surface area contributed by atoms with E-state index >= 15 is 0 Å². The van der Waals surface area contributed by atoms with Gasteiger partial charge in [-0.2, -0.15) is 0 Å². The van der Waals surface area contributed by atoms with E-state index in [4.69, 9.17) is 4.52 Å². The van der Waals surface area contributed by atoms with E-state index in [1.807, 2.05) is 0 Å². The lowest BCUT2D eigenvalue weighted by molar-refractivity contribution is -0.117. The molecule has 1 aliphatic carbocycles. The second-order valence-electron chi connectivity index (χ2n) is 10.6. The summed E-state index contributed by atoms with van der Waals surface area (Å²) in [6, 6.07) is 0. The van der Waals surface area contributed by atoms with Crippen LogP contribution in [0.2, 0.25) is 0 Å². The van der Waals surface area contributed by atoms with Crippen molar-refractivity contribution in [2.24, 2.45) is 10.8 Å². The molecule has 0 aromatic rings. The maximum atomic E-state index is 13.6. The van der Waals surface area contributed by atoms with Gasteiger partial charge < -0.3 is 4.52 Å². The van der Waals surface area contributed by atoms with E-state index in [1.54, 1.807) is 0 Å². The molecular formula is C24H30O2P2. The van der Waals surface area contributed by atoms with E-state index in [0.29, 0.717) is 11.4 Å². The molecule has 2 unspecified atom stereocenters. The topological polar surface area (TPSA) is 26.3 Å². The fourth-order valence-corrected chi connectivity index (χ4v) is 15.0.